The van der Waals surface area contributed by atoms with Crippen LogP contribution in [0.15, 0.2) is 51.8 Å². The molecule has 0 bridgehead atoms. The van der Waals surface area contributed by atoms with Crippen LogP contribution in [0.4, 0.5) is 5.69 Å². The van der Waals surface area contributed by atoms with E-state index in [1.165, 1.54) is 11.4 Å². The van der Waals surface area contributed by atoms with Gasteiger partial charge in [-0.15, -0.1) is 12.4 Å². The summed E-state index contributed by atoms with van der Waals surface area (Å²) < 4.78 is 33.9. The smallest absolute Gasteiger partial charge is 0.268 e. The third kappa shape index (κ3) is 3.54. The zero-order valence-corrected chi connectivity index (χ0v) is 16.2. The number of ether oxygens (including phenoxy) is 1. The highest BCUT2D eigenvalue weighted by Crippen LogP contribution is 2.34. The first-order valence-corrected chi connectivity index (χ1v) is 9.42. The molecule has 0 aliphatic carbocycles. The molecule has 8 heteroatoms. The van der Waals surface area contributed by atoms with Crippen LogP contribution in [0, 0.1) is 0 Å². The van der Waals surface area contributed by atoms with Crippen molar-refractivity contribution < 1.29 is 13.2 Å². The summed E-state index contributed by atoms with van der Waals surface area (Å²) >= 11 is 3.34. The summed E-state index contributed by atoms with van der Waals surface area (Å²) in [6, 6.07) is 12.5. The maximum absolute atomic E-state index is 13.2. The van der Waals surface area contributed by atoms with E-state index in [2.05, 4.69) is 21.2 Å². The average Bonchev–Trinajstić information content (AvgIpc) is 2.77. The second-order valence-electron chi connectivity index (χ2n) is 5.18. The first-order chi connectivity index (χ1) is 11.0. The number of sulfonamides is 1. The molecule has 0 saturated carbocycles. The van der Waals surface area contributed by atoms with Crippen LogP contribution in [0.3, 0.4) is 0 Å². The van der Waals surface area contributed by atoms with Crippen LogP contribution in [0.1, 0.15) is 5.56 Å². The number of fused-ring (bicyclic) bond motifs is 1. The number of halogens is 2. The highest BCUT2D eigenvalue weighted by molar-refractivity contribution is 9.10. The minimum atomic E-state index is -3.73. The summed E-state index contributed by atoms with van der Waals surface area (Å²) in [4.78, 5) is 0.158. The van der Waals surface area contributed by atoms with Crippen molar-refractivity contribution in [1.29, 1.82) is 0 Å². The lowest BCUT2D eigenvalue weighted by Crippen LogP contribution is -2.35. The third-order valence-electron chi connectivity index (χ3n) is 3.76. The molecular formula is C16H18BrClN2O3S. The predicted molar refractivity (Wildman–Crippen MR) is 101 cm³/mol. The van der Waals surface area contributed by atoms with Crippen LogP contribution in [-0.2, 0) is 16.6 Å². The van der Waals surface area contributed by atoms with Crippen LogP contribution in [0.2, 0.25) is 0 Å². The van der Waals surface area contributed by atoms with Crippen molar-refractivity contribution in [1.82, 2.24) is 5.32 Å². The van der Waals surface area contributed by atoms with Gasteiger partial charge >= 0.3 is 0 Å². The molecule has 0 amide bonds. The Kier molecular flexibility index (Phi) is 6.14. The van der Waals surface area contributed by atoms with Crippen molar-refractivity contribution in [3.05, 3.63) is 52.5 Å². The standard InChI is InChI=1S/C16H17BrN2O3S.ClH/c1-22-15-7-6-13(17)10-16(15)23(20,21)19-9-8-18-11-12-4-2-3-5-14(12)19;/h2-7,10,18H,8-9,11H2,1H3;1H. The monoisotopic (exact) mass is 432 g/mol. The number of hydrogen-bond donors (Lipinski definition) is 1. The number of nitrogens with one attached hydrogen (secondary N) is 1. The molecule has 1 N–H and O–H groups in total. The lowest BCUT2D eigenvalue weighted by atomic mass is 10.2. The predicted octanol–water partition coefficient (Wildman–Crippen LogP) is 3.18. The Morgan fingerprint density at radius 2 is 1.96 bits per heavy atom. The molecule has 1 aliphatic rings. The summed E-state index contributed by atoms with van der Waals surface area (Å²) in [5, 5.41) is 3.25. The third-order valence-corrected chi connectivity index (χ3v) is 6.09. The minimum Gasteiger partial charge on any atom is -0.495 e. The van der Waals surface area contributed by atoms with E-state index >= 15 is 0 Å². The maximum Gasteiger partial charge on any atom is 0.268 e. The Morgan fingerprint density at radius 3 is 2.71 bits per heavy atom. The van der Waals surface area contributed by atoms with Crippen molar-refractivity contribution in [2.75, 3.05) is 24.5 Å². The second kappa shape index (κ2) is 7.74. The first-order valence-electron chi connectivity index (χ1n) is 7.19. The minimum absolute atomic E-state index is 0. The molecule has 3 rings (SSSR count). The van der Waals surface area contributed by atoms with E-state index in [-0.39, 0.29) is 17.3 Å². The van der Waals surface area contributed by atoms with Crippen molar-refractivity contribution in [2.45, 2.75) is 11.4 Å². The fourth-order valence-corrected chi connectivity index (χ4v) is 4.85. The molecule has 2 aromatic carbocycles. The van der Waals surface area contributed by atoms with Crippen molar-refractivity contribution in [3.8, 4) is 5.75 Å². The Balaban J connectivity index is 0.00000208. The summed E-state index contributed by atoms with van der Waals surface area (Å²) in [7, 11) is -2.25. The van der Waals surface area contributed by atoms with Gasteiger partial charge in [-0.2, -0.15) is 0 Å². The van der Waals surface area contributed by atoms with E-state index in [1.54, 1.807) is 18.2 Å². The number of rotatable bonds is 3. The molecule has 0 fully saturated rings. The molecule has 0 saturated heterocycles. The van der Waals surface area contributed by atoms with Crippen molar-refractivity contribution in [2.24, 2.45) is 0 Å². The quantitative estimate of drug-likeness (QED) is 0.808. The molecule has 24 heavy (non-hydrogen) atoms. The van der Waals surface area contributed by atoms with Gasteiger partial charge in [-0.1, -0.05) is 34.1 Å². The normalized spacial score (nSPS) is 14.3. The van der Waals surface area contributed by atoms with Crippen LogP contribution in [0.25, 0.3) is 0 Å². The van der Waals surface area contributed by atoms with Crippen LogP contribution < -0.4 is 14.4 Å². The van der Waals surface area contributed by atoms with Gasteiger partial charge in [-0.05, 0) is 29.8 Å². The van der Waals surface area contributed by atoms with Gasteiger partial charge in [-0.3, -0.25) is 4.31 Å². The SMILES string of the molecule is COc1ccc(Br)cc1S(=O)(=O)N1CCNCc2ccccc21.Cl. The zero-order chi connectivity index (χ0) is 16.4. The molecule has 5 nitrogen and oxygen atoms in total. The molecule has 1 aliphatic heterocycles. The first kappa shape index (κ1) is 19.1. The van der Waals surface area contributed by atoms with Crippen LogP contribution >= 0.6 is 28.3 Å². The van der Waals surface area contributed by atoms with E-state index in [0.717, 1.165) is 5.56 Å². The number of hydrogen-bond acceptors (Lipinski definition) is 4. The van der Waals surface area contributed by atoms with Gasteiger partial charge in [0.2, 0.25) is 0 Å². The molecule has 0 radical (unpaired) electrons. The Bertz CT molecular complexity index is 830. The summed E-state index contributed by atoms with van der Waals surface area (Å²) in [5.41, 5.74) is 1.67. The zero-order valence-electron chi connectivity index (χ0n) is 13.0. The molecule has 130 valence electrons. The molecule has 1 heterocycles. The lowest BCUT2D eigenvalue weighted by Gasteiger charge is -2.25. The van der Waals surface area contributed by atoms with Gasteiger partial charge in [0, 0.05) is 24.1 Å². The fraction of sp³-hybridized carbons (Fsp3) is 0.250. The van der Waals surface area contributed by atoms with Gasteiger partial charge in [0.15, 0.2) is 0 Å². The van der Waals surface area contributed by atoms with Gasteiger partial charge in [0.05, 0.1) is 12.8 Å². The van der Waals surface area contributed by atoms with Crippen LogP contribution in [0.5, 0.6) is 5.75 Å². The number of benzene rings is 2. The molecular weight excluding hydrogens is 416 g/mol. The van der Waals surface area contributed by atoms with E-state index in [0.29, 0.717) is 35.5 Å². The van der Waals surface area contributed by atoms with Gasteiger partial charge in [-0.25, -0.2) is 8.42 Å². The summed E-state index contributed by atoms with van der Waals surface area (Å²) in [5.74, 6) is 0.336. The van der Waals surface area contributed by atoms with E-state index in [9.17, 15) is 8.42 Å². The Labute approximate surface area is 156 Å². The van der Waals surface area contributed by atoms with Gasteiger partial charge in [0.1, 0.15) is 10.6 Å². The highest BCUT2D eigenvalue weighted by Gasteiger charge is 2.30. The lowest BCUT2D eigenvalue weighted by molar-refractivity contribution is 0.402. The van der Waals surface area contributed by atoms with Crippen LogP contribution in [-0.4, -0.2) is 28.6 Å². The topological polar surface area (TPSA) is 58.6 Å². The molecule has 0 atom stereocenters. The summed E-state index contributed by atoms with van der Waals surface area (Å²) in [6.07, 6.45) is 0. The number of nitrogens with zero attached hydrogens (tertiary/aromatic N) is 1. The Hall–Kier alpha value is -1.28. The summed E-state index contributed by atoms with van der Waals surface area (Å²) in [6.45, 7) is 1.61. The molecule has 0 unspecified atom stereocenters. The number of anilines is 1. The molecule has 2 aromatic rings. The van der Waals surface area contributed by atoms with E-state index in [4.69, 9.17) is 4.74 Å². The van der Waals surface area contributed by atoms with E-state index in [1.807, 2.05) is 24.3 Å². The maximum atomic E-state index is 13.2. The van der Waals surface area contributed by atoms with Crippen molar-refractivity contribution >= 4 is 44.0 Å². The number of methoxy groups -OCH3 is 1. The fourth-order valence-electron chi connectivity index (χ4n) is 2.65. The Morgan fingerprint density at radius 1 is 1.21 bits per heavy atom. The van der Waals surface area contributed by atoms with Crippen molar-refractivity contribution in [3.63, 3.8) is 0 Å². The second-order valence-corrected chi connectivity index (χ2v) is 7.92. The number of para-hydroxylation sites is 1. The molecule has 0 spiro atoms. The van der Waals surface area contributed by atoms with Gasteiger partial charge in [0.25, 0.3) is 10.0 Å². The largest absolute Gasteiger partial charge is 0.495 e. The van der Waals surface area contributed by atoms with E-state index < -0.39 is 10.0 Å². The van der Waals surface area contributed by atoms with Gasteiger partial charge < -0.3 is 10.1 Å². The average molecular weight is 434 g/mol. The molecule has 0 aromatic heterocycles. The highest BCUT2D eigenvalue weighted by atomic mass is 79.9.